The fourth-order valence-electron chi connectivity index (χ4n) is 6.07. The molecule has 1 amide bonds. The van der Waals surface area contributed by atoms with Crippen LogP contribution in [0.15, 0.2) is 18.3 Å². The number of aryl methyl sites for hydroxylation is 2. The third-order valence-electron chi connectivity index (χ3n) is 7.72. The zero-order valence-electron chi connectivity index (χ0n) is 19.3. The van der Waals surface area contributed by atoms with Gasteiger partial charge in [-0.25, -0.2) is 9.97 Å². The molecule has 1 aliphatic heterocycles. The number of carbonyl (C=O) groups is 1. The lowest BCUT2D eigenvalue weighted by atomic mass is 9.86. The molecule has 3 atom stereocenters. The molecule has 3 N–H and O–H groups in total. The van der Waals surface area contributed by atoms with E-state index in [1.54, 1.807) is 6.20 Å². The van der Waals surface area contributed by atoms with Crippen molar-refractivity contribution in [3.05, 3.63) is 45.6 Å². The Kier molecular flexibility index (Phi) is 5.18. The van der Waals surface area contributed by atoms with Crippen molar-refractivity contribution in [2.75, 3.05) is 23.7 Å². The van der Waals surface area contributed by atoms with Crippen LogP contribution in [0, 0.1) is 30.1 Å². The summed E-state index contributed by atoms with van der Waals surface area (Å²) in [4.78, 5) is 25.5. The highest BCUT2D eigenvalue weighted by Gasteiger charge is 2.34. The first kappa shape index (κ1) is 21.4. The molecule has 7 nitrogen and oxygen atoms in total. The molecule has 3 aromatic rings. The van der Waals surface area contributed by atoms with E-state index in [-0.39, 0.29) is 11.9 Å². The van der Waals surface area contributed by atoms with Gasteiger partial charge in [-0.1, -0.05) is 0 Å². The first-order valence-corrected chi connectivity index (χ1v) is 12.9. The summed E-state index contributed by atoms with van der Waals surface area (Å²) in [6.07, 6.45) is 8.15. The first-order valence-electron chi connectivity index (χ1n) is 12.1. The number of nitrogens with one attached hydrogen (secondary N) is 1. The first-order chi connectivity index (χ1) is 16.5. The highest BCUT2D eigenvalue weighted by Crippen LogP contribution is 2.40. The van der Waals surface area contributed by atoms with Gasteiger partial charge in [0.1, 0.15) is 21.3 Å². The van der Waals surface area contributed by atoms with E-state index in [4.69, 9.17) is 5.73 Å². The Bertz CT molecular complexity index is 1330. The quantitative estimate of drug-likeness (QED) is 0.597. The van der Waals surface area contributed by atoms with Crippen molar-refractivity contribution in [2.24, 2.45) is 11.8 Å². The molecule has 1 saturated carbocycles. The fraction of sp³-hybridized carbons (Fsp3) is 0.462. The SMILES string of the molecule is Cc1cnc2c(N)c(C(=O)N[C@@H]3CCc4cc(N5CC6CCC(C6)C5)c(C#N)cc4C3)sc2n1. The molecule has 174 valence electrons. The number of benzene rings is 1. The van der Waals surface area contributed by atoms with Crippen LogP contribution in [0.25, 0.3) is 10.3 Å². The molecule has 1 aromatic carbocycles. The number of piperidine rings is 1. The Morgan fingerprint density at radius 2 is 2.03 bits per heavy atom. The smallest absolute Gasteiger partial charge is 0.263 e. The van der Waals surface area contributed by atoms with Gasteiger partial charge in [0, 0.05) is 25.3 Å². The number of fused-ring (bicyclic) bond motifs is 4. The van der Waals surface area contributed by atoms with E-state index in [1.165, 1.54) is 41.7 Å². The summed E-state index contributed by atoms with van der Waals surface area (Å²) in [5.41, 5.74) is 12.4. The van der Waals surface area contributed by atoms with Crippen LogP contribution in [-0.2, 0) is 12.8 Å². The van der Waals surface area contributed by atoms with E-state index in [9.17, 15) is 10.1 Å². The summed E-state index contributed by atoms with van der Waals surface area (Å²) >= 11 is 1.29. The van der Waals surface area contributed by atoms with E-state index in [0.29, 0.717) is 20.9 Å². The summed E-state index contributed by atoms with van der Waals surface area (Å²) in [5, 5.41) is 13.1. The number of aromatic nitrogens is 2. The maximum Gasteiger partial charge on any atom is 0.263 e. The average Bonchev–Trinajstić information content (AvgIpc) is 3.35. The van der Waals surface area contributed by atoms with Gasteiger partial charge < -0.3 is 16.0 Å². The van der Waals surface area contributed by atoms with Crippen LogP contribution in [0.2, 0.25) is 0 Å². The lowest BCUT2D eigenvalue weighted by Crippen LogP contribution is -2.39. The molecule has 2 aliphatic carbocycles. The van der Waals surface area contributed by atoms with Crippen LogP contribution in [0.5, 0.6) is 0 Å². The molecular weight excluding hydrogens is 444 g/mol. The minimum Gasteiger partial charge on any atom is -0.396 e. The van der Waals surface area contributed by atoms with Crippen molar-refractivity contribution in [2.45, 2.75) is 51.5 Å². The summed E-state index contributed by atoms with van der Waals surface area (Å²) in [6, 6.07) is 6.76. The number of hydrogen-bond acceptors (Lipinski definition) is 7. The van der Waals surface area contributed by atoms with Crippen LogP contribution >= 0.6 is 11.3 Å². The Hall–Kier alpha value is -3.18. The maximum absolute atomic E-state index is 13.1. The molecule has 1 saturated heterocycles. The van der Waals surface area contributed by atoms with Crippen molar-refractivity contribution >= 4 is 39.0 Å². The third-order valence-corrected chi connectivity index (χ3v) is 8.80. The fourth-order valence-corrected chi connectivity index (χ4v) is 7.07. The number of anilines is 2. The number of thiophene rings is 1. The van der Waals surface area contributed by atoms with Crippen LogP contribution < -0.4 is 16.0 Å². The molecule has 3 heterocycles. The molecule has 3 aliphatic rings. The van der Waals surface area contributed by atoms with E-state index < -0.39 is 0 Å². The number of nitrogens with two attached hydrogens (primary N) is 1. The number of amides is 1. The van der Waals surface area contributed by atoms with Gasteiger partial charge in [-0.2, -0.15) is 5.26 Å². The van der Waals surface area contributed by atoms with Gasteiger partial charge in [0.05, 0.1) is 22.6 Å². The minimum atomic E-state index is -0.172. The second-order valence-corrected chi connectivity index (χ2v) is 11.1. The van der Waals surface area contributed by atoms with E-state index in [2.05, 4.69) is 38.4 Å². The number of carbonyl (C=O) groups excluding carboxylic acids is 1. The van der Waals surface area contributed by atoms with Crippen LogP contribution in [0.4, 0.5) is 11.4 Å². The number of nitrogens with zero attached hydrogens (tertiary/aromatic N) is 4. The largest absolute Gasteiger partial charge is 0.396 e. The van der Waals surface area contributed by atoms with Crippen molar-refractivity contribution in [1.29, 1.82) is 5.26 Å². The minimum absolute atomic E-state index is 0.00971. The highest BCUT2D eigenvalue weighted by molar-refractivity contribution is 7.21. The number of rotatable bonds is 3. The standard InChI is InChI=1S/C26H28N6OS/c1-14-11-29-23-22(28)24(34-26(23)30-14)25(33)31-20-5-4-17-9-21(19(10-27)7-18(17)8-20)32-12-15-2-3-16(6-15)13-32/h7,9,11,15-16,20H,2-6,8,12-13,28H2,1H3,(H,31,33)/t15?,16?,20-/m1/s1. The Labute approximate surface area is 203 Å². The molecular formula is C26H28N6OS. The molecule has 34 heavy (non-hydrogen) atoms. The molecule has 0 radical (unpaired) electrons. The van der Waals surface area contributed by atoms with Crippen molar-refractivity contribution < 1.29 is 4.79 Å². The average molecular weight is 473 g/mol. The molecule has 2 unspecified atom stereocenters. The summed E-state index contributed by atoms with van der Waals surface area (Å²) in [7, 11) is 0. The predicted octanol–water partition coefficient (Wildman–Crippen LogP) is 3.98. The van der Waals surface area contributed by atoms with Gasteiger partial charge in [-0.05, 0) is 80.5 Å². The zero-order valence-corrected chi connectivity index (χ0v) is 20.1. The monoisotopic (exact) mass is 472 g/mol. The van der Waals surface area contributed by atoms with Gasteiger partial charge in [0.2, 0.25) is 0 Å². The molecule has 2 bridgehead atoms. The zero-order chi connectivity index (χ0) is 23.4. The van der Waals surface area contributed by atoms with Crippen LogP contribution in [0.3, 0.4) is 0 Å². The highest BCUT2D eigenvalue weighted by atomic mass is 32.1. The van der Waals surface area contributed by atoms with Gasteiger partial charge in [-0.3, -0.25) is 4.79 Å². The maximum atomic E-state index is 13.1. The van der Waals surface area contributed by atoms with E-state index in [1.807, 2.05) is 6.92 Å². The van der Waals surface area contributed by atoms with Gasteiger partial charge in [0.25, 0.3) is 5.91 Å². The van der Waals surface area contributed by atoms with E-state index in [0.717, 1.165) is 61.1 Å². The number of hydrogen-bond donors (Lipinski definition) is 2. The molecule has 0 spiro atoms. The number of nitrogen functional groups attached to an aromatic ring is 1. The summed E-state index contributed by atoms with van der Waals surface area (Å²) < 4.78 is 0. The predicted molar refractivity (Wildman–Crippen MR) is 134 cm³/mol. The van der Waals surface area contributed by atoms with Crippen molar-refractivity contribution in [3.63, 3.8) is 0 Å². The molecule has 2 fully saturated rings. The van der Waals surface area contributed by atoms with E-state index >= 15 is 0 Å². The van der Waals surface area contributed by atoms with Crippen LogP contribution in [0.1, 0.15) is 57.7 Å². The van der Waals surface area contributed by atoms with Crippen molar-refractivity contribution in [1.82, 2.24) is 15.3 Å². The Balaban J connectivity index is 1.21. The Morgan fingerprint density at radius 3 is 2.79 bits per heavy atom. The van der Waals surface area contributed by atoms with Gasteiger partial charge >= 0.3 is 0 Å². The normalized spacial score (nSPS) is 23.5. The van der Waals surface area contributed by atoms with Gasteiger partial charge in [-0.15, -0.1) is 11.3 Å². The lowest BCUT2D eigenvalue weighted by molar-refractivity contribution is 0.0938. The topological polar surface area (TPSA) is 108 Å². The molecule has 6 rings (SSSR count). The molecule has 2 aromatic heterocycles. The van der Waals surface area contributed by atoms with Gasteiger partial charge in [0.15, 0.2) is 0 Å². The van der Waals surface area contributed by atoms with Crippen LogP contribution in [-0.4, -0.2) is 35.0 Å². The summed E-state index contributed by atoms with van der Waals surface area (Å²) in [5.74, 6) is 1.38. The lowest BCUT2D eigenvalue weighted by Gasteiger charge is -2.35. The summed E-state index contributed by atoms with van der Waals surface area (Å²) in [6.45, 7) is 4.02. The molecule has 8 heteroatoms. The number of nitriles is 1. The Morgan fingerprint density at radius 1 is 1.24 bits per heavy atom. The second kappa shape index (κ2) is 8.24. The van der Waals surface area contributed by atoms with Crippen molar-refractivity contribution in [3.8, 4) is 6.07 Å². The third kappa shape index (κ3) is 3.68. The second-order valence-electron chi connectivity index (χ2n) is 10.1.